The number of ether oxygens (including phenoxy) is 1. The van der Waals surface area contributed by atoms with Gasteiger partial charge in [0.25, 0.3) is 0 Å². The maximum Gasteiger partial charge on any atom is 0.244 e. The third-order valence-corrected chi connectivity index (χ3v) is 5.31. The first-order valence-corrected chi connectivity index (χ1v) is 9.78. The molecule has 0 atom stereocenters. The molecule has 1 aliphatic heterocycles. The van der Waals surface area contributed by atoms with Crippen molar-refractivity contribution in [2.75, 3.05) is 6.54 Å². The Morgan fingerprint density at radius 2 is 2.03 bits per heavy atom. The standard InChI is InChI=1S/C21H26N6O2/c1-14-5-7-22-20(9-14)29-13-18-17-11-26(8-6-19(17)25(4)24-18)21(28)12-27-16(3)10-15(2)23-27/h5,7,9-10H,6,8,11-13H2,1-4H3. The van der Waals surface area contributed by atoms with E-state index in [9.17, 15) is 4.79 Å². The zero-order valence-electron chi connectivity index (χ0n) is 17.3. The quantitative estimate of drug-likeness (QED) is 0.662. The molecule has 0 unspecified atom stereocenters. The second-order valence-electron chi connectivity index (χ2n) is 7.61. The van der Waals surface area contributed by atoms with Gasteiger partial charge < -0.3 is 9.64 Å². The lowest BCUT2D eigenvalue weighted by Crippen LogP contribution is -2.38. The number of amides is 1. The molecule has 0 aliphatic carbocycles. The Balaban J connectivity index is 1.48. The van der Waals surface area contributed by atoms with Crippen LogP contribution in [-0.2, 0) is 38.0 Å². The van der Waals surface area contributed by atoms with Crippen molar-refractivity contribution in [1.82, 2.24) is 29.4 Å². The number of carbonyl (C=O) groups excluding carboxylic acids is 1. The molecule has 152 valence electrons. The van der Waals surface area contributed by atoms with Crippen LogP contribution in [0.2, 0.25) is 0 Å². The Morgan fingerprint density at radius 1 is 1.21 bits per heavy atom. The molecule has 3 aromatic rings. The molecule has 0 saturated carbocycles. The van der Waals surface area contributed by atoms with Crippen LogP contribution in [0.15, 0.2) is 24.4 Å². The molecule has 0 saturated heterocycles. The lowest BCUT2D eigenvalue weighted by atomic mass is 10.1. The summed E-state index contributed by atoms with van der Waals surface area (Å²) >= 11 is 0. The molecule has 3 aromatic heterocycles. The highest BCUT2D eigenvalue weighted by Gasteiger charge is 2.27. The van der Waals surface area contributed by atoms with Gasteiger partial charge in [-0.15, -0.1) is 0 Å². The predicted molar refractivity (Wildman–Crippen MR) is 107 cm³/mol. The van der Waals surface area contributed by atoms with Gasteiger partial charge in [0.1, 0.15) is 18.8 Å². The maximum absolute atomic E-state index is 12.9. The Morgan fingerprint density at radius 3 is 2.76 bits per heavy atom. The fourth-order valence-electron chi connectivity index (χ4n) is 3.79. The van der Waals surface area contributed by atoms with Gasteiger partial charge in [0.15, 0.2) is 0 Å². The highest BCUT2D eigenvalue weighted by atomic mass is 16.5. The number of hydrogen-bond donors (Lipinski definition) is 0. The Hall–Kier alpha value is -3.16. The molecule has 29 heavy (non-hydrogen) atoms. The molecule has 0 aromatic carbocycles. The molecule has 0 radical (unpaired) electrons. The number of fused-ring (bicyclic) bond motifs is 1. The van der Waals surface area contributed by atoms with E-state index in [2.05, 4.69) is 15.2 Å². The van der Waals surface area contributed by atoms with Gasteiger partial charge in [-0.2, -0.15) is 10.2 Å². The van der Waals surface area contributed by atoms with Crippen molar-refractivity contribution in [2.45, 2.75) is 46.9 Å². The molecule has 4 rings (SSSR count). The number of carbonyl (C=O) groups is 1. The van der Waals surface area contributed by atoms with E-state index in [4.69, 9.17) is 4.74 Å². The molecule has 1 amide bonds. The third kappa shape index (κ3) is 4.01. The Kier molecular flexibility index (Phi) is 5.08. The van der Waals surface area contributed by atoms with Crippen molar-refractivity contribution < 1.29 is 9.53 Å². The van der Waals surface area contributed by atoms with E-state index in [0.717, 1.165) is 40.3 Å². The van der Waals surface area contributed by atoms with Crippen molar-refractivity contribution in [2.24, 2.45) is 7.05 Å². The van der Waals surface area contributed by atoms with E-state index < -0.39 is 0 Å². The van der Waals surface area contributed by atoms with Crippen LogP contribution in [-0.4, -0.2) is 41.9 Å². The first-order chi connectivity index (χ1) is 13.9. The number of pyridine rings is 1. The summed E-state index contributed by atoms with van der Waals surface area (Å²) in [5.41, 5.74) is 6.11. The summed E-state index contributed by atoms with van der Waals surface area (Å²) in [6.07, 6.45) is 2.52. The fourth-order valence-corrected chi connectivity index (χ4v) is 3.79. The van der Waals surface area contributed by atoms with Crippen LogP contribution in [0.1, 0.15) is 33.9 Å². The van der Waals surface area contributed by atoms with Gasteiger partial charge in [-0.1, -0.05) is 0 Å². The minimum atomic E-state index is 0.0675. The van der Waals surface area contributed by atoms with E-state index in [1.807, 2.05) is 55.6 Å². The van der Waals surface area contributed by atoms with Crippen molar-refractivity contribution in [3.63, 3.8) is 0 Å². The average molecular weight is 394 g/mol. The molecule has 0 bridgehead atoms. The topological polar surface area (TPSA) is 78.1 Å². The van der Waals surface area contributed by atoms with Gasteiger partial charge in [0.2, 0.25) is 11.8 Å². The first-order valence-electron chi connectivity index (χ1n) is 9.78. The summed E-state index contributed by atoms with van der Waals surface area (Å²) in [5, 5.41) is 9.04. The van der Waals surface area contributed by atoms with Crippen LogP contribution >= 0.6 is 0 Å². The average Bonchev–Trinajstić information content (AvgIpc) is 3.18. The Bertz CT molecular complexity index is 1050. The largest absolute Gasteiger partial charge is 0.471 e. The Labute approximate surface area is 170 Å². The predicted octanol–water partition coefficient (Wildman–Crippen LogP) is 2.10. The van der Waals surface area contributed by atoms with Gasteiger partial charge >= 0.3 is 0 Å². The van der Waals surface area contributed by atoms with Gasteiger partial charge in [0, 0.05) is 55.8 Å². The summed E-state index contributed by atoms with van der Waals surface area (Å²) in [6, 6.07) is 5.82. The number of aromatic nitrogens is 5. The normalized spacial score (nSPS) is 13.4. The molecule has 8 heteroatoms. The summed E-state index contributed by atoms with van der Waals surface area (Å²) in [4.78, 5) is 19.0. The molecule has 4 heterocycles. The minimum Gasteiger partial charge on any atom is -0.471 e. The van der Waals surface area contributed by atoms with Gasteiger partial charge in [0.05, 0.1) is 5.69 Å². The smallest absolute Gasteiger partial charge is 0.244 e. The van der Waals surface area contributed by atoms with Crippen LogP contribution in [0.4, 0.5) is 0 Å². The number of rotatable bonds is 5. The highest BCUT2D eigenvalue weighted by molar-refractivity contribution is 5.76. The van der Waals surface area contributed by atoms with Crippen LogP contribution in [0.5, 0.6) is 5.88 Å². The molecule has 8 nitrogen and oxygen atoms in total. The second-order valence-corrected chi connectivity index (χ2v) is 7.61. The van der Waals surface area contributed by atoms with E-state index in [1.54, 1.807) is 10.9 Å². The summed E-state index contributed by atoms with van der Waals surface area (Å²) in [7, 11) is 1.95. The fraction of sp³-hybridized carbons (Fsp3) is 0.429. The van der Waals surface area contributed by atoms with E-state index in [-0.39, 0.29) is 12.5 Å². The van der Waals surface area contributed by atoms with Gasteiger partial charge in [-0.25, -0.2) is 4.98 Å². The van der Waals surface area contributed by atoms with Crippen molar-refractivity contribution in [3.05, 3.63) is 58.3 Å². The first kappa shape index (κ1) is 19.2. The maximum atomic E-state index is 12.9. The number of nitrogens with zero attached hydrogens (tertiary/aromatic N) is 6. The molecular weight excluding hydrogens is 368 g/mol. The molecular formula is C21H26N6O2. The van der Waals surface area contributed by atoms with E-state index in [0.29, 0.717) is 25.6 Å². The molecule has 0 spiro atoms. The molecule has 0 N–H and O–H groups in total. The van der Waals surface area contributed by atoms with Crippen molar-refractivity contribution >= 4 is 5.91 Å². The zero-order valence-corrected chi connectivity index (χ0v) is 17.3. The monoisotopic (exact) mass is 394 g/mol. The van der Waals surface area contributed by atoms with Crippen LogP contribution in [0.25, 0.3) is 0 Å². The van der Waals surface area contributed by atoms with Gasteiger partial charge in [-0.05, 0) is 38.5 Å². The van der Waals surface area contributed by atoms with Crippen molar-refractivity contribution in [1.29, 1.82) is 0 Å². The van der Waals surface area contributed by atoms with Crippen LogP contribution in [0, 0.1) is 20.8 Å². The van der Waals surface area contributed by atoms with Crippen LogP contribution < -0.4 is 4.74 Å². The van der Waals surface area contributed by atoms with Crippen molar-refractivity contribution in [3.8, 4) is 5.88 Å². The highest BCUT2D eigenvalue weighted by Crippen LogP contribution is 2.24. The van der Waals surface area contributed by atoms with Crippen LogP contribution in [0.3, 0.4) is 0 Å². The molecule has 1 aliphatic rings. The zero-order chi connectivity index (χ0) is 20.5. The second kappa shape index (κ2) is 7.69. The summed E-state index contributed by atoms with van der Waals surface area (Å²) in [6.45, 7) is 7.73. The third-order valence-electron chi connectivity index (χ3n) is 5.31. The SMILES string of the molecule is Cc1ccnc(OCc2nn(C)c3c2CN(C(=O)Cn2nc(C)cc2C)CC3)c1. The number of aryl methyl sites for hydroxylation is 4. The van der Waals surface area contributed by atoms with E-state index in [1.165, 1.54) is 0 Å². The summed E-state index contributed by atoms with van der Waals surface area (Å²) in [5.74, 6) is 0.649. The van der Waals surface area contributed by atoms with E-state index >= 15 is 0 Å². The number of hydrogen-bond acceptors (Lipinski definition) is 5. The lowest BCUT2D eigenvalue weighted by Gasteiger charge is -2.28. The van der Waals surface area contributed by atoms with Gasteiger partial charge in [-0.3, -0.25) is 14.2 Å². The minimum absolute atomic E-state index is 0.0675. The lowest BCUT2D eigenvalue weighted by molar-refractivity contribution is -0.133. The molecule has 0 fully saturated rings. The summed E-state index contributed by atoms with van der Waals surface area (Å²) < 4.78 is 9.53.